The van der Waals surface area contributed by atoms with Gasteiger partial charge in [-0.3, -0.25) is 0 Å². The van der Waals surface area contributed by atoms with Crippen molar-refractivity contribution in [3.8, 4) is 0 Å². The summed E-state index contributed by atoms with van der Waals surface area (Å²) in [6.07, 6.45) is 4.44. The summed E-state index contributed by atoms with van der Waals surface area (Å²) in [5.41, 5.74) is 0.0122. The number of rotatable bonds is 2. The molecule has 0 spiro atoms. The molecule has 2 bridgehead atoms. The van der Waals surface area contributed by atoms with Gasteiger partial charge in [0.1, 0.15) is 0 Å². The highest BCUT2D eigenvalue weighted by Gasteiger charge is 2.57. The minimum Gasteiger partial charge on any atom is -0.213 e. The standard InChI is InChI=1S/C6H11NO2S/c1-10(8,9)7-6-2-5(3-6)4-6/h5,7H,2-4H2,1H3. The van der Waals surface area contributed by atoms with E-state index in [2.05, 4.69) is 4.72 Å². The molecule has 3 saturated carbocycles. The van der Waals surface area contributed by atoms with Gasteiger partial charge < -0.3 is 0 Å². The molecule has 0 amide bonds. The van der Waals surface area contributed by atoms with Crippen LogP contribution in [0.25, 0.3) is 0 Å². The molecule has 3 nitrogen and oxygen atoms in total. The molecule has 0 aromatic heterocycles. The first-order valence-corrected chi connectivity index (χ1v) is 5.37. The van der Waals surface area contributed by atoms with E-state index in [9.17, 15) is 8.42 Å². The van der Waals surface area contributed by atoms with Gasteiger partial charge in [0.25, 0.3) is 0 Å². The van der Waals surface area contributed by atoms with Crippen molar-refractivity contribution in [1.82, 2.24) is 4.72 Å². The van der Waals surface area contributed by atoms with Gasteiger partial charge in [-0.2, -0.15) is 0 Å². The van der Waals surface area contributed by atoms with E-state index in [1.165, 1.54) is 6.26 Å². The second kappa shape index (κ2) is 1.56. The highest BCUT2D eigenvalue weighted by Crippen LogP contribution is 2.57. The maximum Gasteiger partial charge on any atom is 0.209 e. The van der Waals surface area contributed by atoms with Gasteiger partial charge >= 0.3 is 0 Å². The Kier molecular flexibility index (Phi) is 1.03. The normalized spacial score (nSPS) is 43.9. The largest absolute Gasteiger partial charge is 0.213 e. The predicted molar refractivity (Wildman–Crippen MR) is 38.1 cm³/mol. The van der Waals surface area contributed by atoms with E-state index >= 15 is 0 Å². The molecule has 58 valence electrons. The Labute approximate surface area is 60.9 Å². The van der Waals surface area contributed by atoms with Crippen molar-refractivity contribution in [1.29, 1.82) is 0 Å². The summed E-state index contributed by atoms with van der Waals surface area (Å²) in [5, 5.41) is 0. The van der Waals surface area contributed by atoms with Crippen LogP contribution < -0.4 is 4.72 Å². The average molecular weight is 161 g/mol. The van der Waals surface area contributed by atoms with Gasteiger partial charge in [0, 0.05) is 5.54 Å². The minimum atomic E-state index is -2.95. The highest BCUT2D eigenvalue weighted by molar-refractivity contribution is 7.88. The summed E-state index contributed by atoms with van der Waals surface area (Å²) in [4.78, 5) is 0. The van der Waals surface area contributed by atoms with E-state index in [-0.39, 0.29) is 5.54 Å². The molecule has 4 heteroatoms. The first kappa shape index (κ1) is 6.61. The van der Waals surface area contributed by atoms with E-state index in [1.807, 2.05) is 0 Å². The first-order chi connectivity index (χ1) is 4.49. The molecule has 0 radical (unpaired) electrons. The van der Waals surface area contributed by atoms with Crippen LogP contribution in [0, 0.1) is 5.92 Å². The van der Waals surface area contributed by atoms with E-state index in [1.54, 1.807) is 0 Å². The zero-order valence-corrected chi connectivity index (χ0v) is 6.74. The van der Waals surface area contributed by atoms with Crippen molar-refractivity contribution in [3.63, 3.8) is 0 Å². The van der Waals surface area contributed by atoms with Crippen molar-refractivity contribution in [2.24, 2.45) is 5.92 Å². The van der Waals surface area contributed by atoms with Crippen LogP contribution in [-0.2, 0) is 10.0 Å². The summed E-state index contributed by atoms with van der Waals surface area (Å²) in [6.45, 7) is 0. The van der Waals surface area contributed by atoms with Crippen LogP contribution in [0.2, 0.25) is 0 Å². The number of hydrogen-bond acceptors (Lipinski definition) is 2. The lowest BCUT2D eigenvalue weighted by atomic mass is 9.50. The third-order valence-electron chi connectivity index (χ3n) is 2.44. The molecular formula is C6H11NO2S. The van der Waals surface area contributed by atoms with E-state index < -0.39 is 10.0 Å². The summed E-state index contributed by atoms with van der Waals surface area (Å²) in [7, 11) is -2.95. The number of hydrogen-bond donors (Lipinski definition) is 1. The molecule has 3 aliphatic rings. The summed E-state index contributed by atoms with van der Waals surface area (Å²) < 4.78 is 24.2. The molecule has 0 aromatic carbocycles. The van der Waals surface area contributed by atoms with Gasteiger partial charge in [-0.05, 0) is 25.2 Å². The highest BCUT2D eigenvalue weighted by atomic mass is 32.2. The lowest BCUT2D eigenvalue weighted by molar-refractivity contribution is -0.0316. The second-order valence-corrected chi connectivity index (χ2v) is 5.38. The lowest BCUT2D eigenvalue weighted by Crippen LogP contribution is -2.67. The van der Waals surface area contributed by atoms with Gasteiger partial charge in [-0.25, -0.2) is 13.1 Å². The van der Waals surface area contributed by atoms with Crippen LogP contribution in [-0.4, -0.2) is 20.2 Å². The van der Waals surface area contributed by atoms with Crippen molar-refractivity contribution < 1.29 is 8.42 Å². The molecule has 0 aromatic rings. The van der Waals surface area contributed by atoms with Crippen LogP contribution >= 0.6 is 0 Å². The van der Waals surface area contributed by atoms with Crippen LogP contribution in [0.5, 0.6) is 0 Å². The summed E-state index contributed by atoms with van der Waals surface area (Å²) in [6, 6.07) is 0. The fourth-order valence-electron chi connectivity index (χ4n) is 2.00. The summed E-state index contributed by atoms with van der Waals surface area (Å²) >= 11 is 0. The van der Waals surface area contributed by atoms with Crippen LogP contribution in [0.15, 0.2) is 0 Å². The fraction of sp³-hybridized carbons (Fsp3) is 1.00. The molecule has 3 rings (SSSR count). The second-order valence-electron chi connectivity index (χ2n) is 3.63. The Hall–Kier alpha value is -0.0900. The quantitative estimate of drug-likeness (QED) is 0.623. The Morgan fingerprint density at radius 2 is 1.90 bits per heavy atom. The molecule has 1 N–H and O–H groups in total. The lowest BCUT2D eigenvalue weighted by Gasteiger charge is -2.61. The average Bonchev–Trinajstić information content (AvgIpc) is 1.48. The zero-order chi connectivity index (χ0) is 7.41. The van der Waals surface area contributed by atoms with Crippen molar-refractivity contribution in [3.05, 3.63) is 0 Å². The molecule has 10 heavy (non-hydrogen) atoms. The maximum absolute atomic E-state index is 10.8. The number of sulfonamides is 1. The molecule has 3 fully saturated rings. The third-order valence-corrected chi connectivity index (χ3v) is 3.24. The molecule has 3 aliphatic carbocycles. The van der Waals surface area contributed by atoms with Gasteiger partial charge in [-0.15, -0.1) is 0 Å². The van der Waals surface area contributed by atoms with Crippen molar-refractivity contribution in [2.45, 2.75) is 24.8 Å². The van der Waals surface area contributed by atoms with Crippen LogP contribution in [0.1, 0.15) is 19.3 Å². The SMILES string of the molecule is CS(=O)(=O)NC12CC(C1)C2. The molecule has 0 aliphatic heterocycles. The van der Waals surface area contributed by atoms with Crippen LogP contribution in [0.3, 0.4) is 0 Å². The monoisotopic (exact) mass is 161 g/mol. The zero-order valence-electron chi connectivity index (χ0n) is 5.92. The van der Waals surface area contributed by atoms with E-state index in [0.717, 1.165) is 25.2 Å². The van der Waals surface area contributed by atoms with Crippen molar-refractivity contribution >= 4 is 10.0 Å². The third kappa shape index (κ3) is 0.864. The Bertz CT molecular complexity index is 240. The van der Waals surface area contributed by atoms with Gasteiger partial charge in [-0.1, -0.05) is 0 Å². The van der Waals surface area contributed by atoms with Crippen molar-refractivity contribution in [2.75, 3.05) is 6.26 Å². The molecule has 0 unspecified atom stereocenters. The molecule has 0 saturated heterocycles. The topological polar surface area (TPSA) is 46.2 Å². The molecule has 0 atom stereocenters. The Balaban J connectivity index is 2.03. The fourth-order valence-corrected chi connectivity index (χ4v) is 3.03. The minimum absolute atomic E-state index is 0.0122. The predicted octanol–water partition coefficient (Wildman–Crippen LogP) is 0.0881. The van der Waals surface area contributed by atoms with Gasteiger partial charge in [0.05, 0.1) is 6.26 Å². The summed E-state index contributed by atoms with van der Waals surface area (Å²) in [5.74, 6) is 0.828. The Morgan fingerprint density at radius 3 is 2.00 bits per heavy atom. The Morgan fingerprint density at radius 1 is 1.40 bits per heavy atom. The van der Waals surface area contributed by atoms with Gasteiger partial charge in [0.15, 0.2) is 0 Å². The van der Waals surface area contributed by atoms with E-state index in [4.69, 9.17) is 0 Å². The van der Waals surface area contributed by atoms with E-state index in [0.29, 0.717) is 0 Å². The molecule has 0 heterocycles. The maximum atomic E-state index is 10.8. The number of nitrogens with one attached hydrogen (secondary N) is 1. The molecular weight excluding hydrogens is 150 g/mol. The smallest absolute Gasteiger partial charge is 0.209 e. The first-order valence-electron chi connectivity index (χ1n) is 3.48. The van der Waals surface area contributed by atoms with Gasteiger partial charge in [0.2, 0.25) is 10.0 Å². The van der Waals surface area contributed by atoms with Crippen LogP contribution in [0.4, 0.5) is 0 Å².